The Hall–Kier alpha value is -1.28. The lowest BCUT2D eigenvalue weighted by Gasteiger charge is -2.13. The molecule has 1 N–H and O–H groups in total. The average molecular weight is 476 g/mol. The molecule has 6 heteroatoms. The zero-order valence-electron chi connectivity index (χ0n) is 12.2. The molecule has 0 heterocycles. The first-order valence-corrected chi connectivity index (χ1v) is 8.50. The fourth-order valence-electron chi connectivity index (χ4n) is 1.89. The third kappa shape index (κ3) is 3.92. The van der Waals surface area contributed by atoms with Crippen LogP contribution in [0.2, 0.25) is 0 Å². The van der Waals surface area contributed by atoms with Crippen molar-refractivity contribution >= 4 is 50.1 Å². The van der Waals surface area contributed by atoms with Gasteiger partial charge in [0, 0.05) is 9.13 Å². The van der Waals surface area contributed by atoms with Crippen molar-refractivity contribution in [3.63, 3.8) is 0 Å². The highest BCUT2D eigenvalue weighted by molar-refractivity contribution is 14.1. The first-order chi connectivity index (χ1) is 10.6. The molecule has 116 valence electrons. The molecule has 0 aromatic heterocycles. The number of rotatable bonds is 5. The topological polar surface area (TPSA) is 47.6 Å². The predicted molar refractivity (Wildman–Crippen MR) is 99.0 cm³/mol. The monoisotopic (exact) mass is 475 g/mol. The molecule has 0 radical (unpaired) electrons. The Morgan fingerprint density at radius 1 is 1.32 bits per heavy atom. The summed E-state index contributed by atoms with van der Waals surface area (Å²) >= 11 is 5.60. The number of amides is 1. The van der Waals surface area contributed by atoms with Crippen LogP contribution in [0.5, 0.6) is 11.5 Å². The lowest BCUT2D eigenvalue weighted by atomic mass is 10.2. The number of hydrogen-bond acceptors (Lipinski definition) is 3. The number of hydrogen-bond donors (Lipinski definition) is 1. The summed E-state index contributed by atoms with van der Waals surface area (Å²) in [5, 5.41) is 2.89. The maximum absolute atomic E-state index is 12.4. The minimum Gasteiger partial charge on any atom is -0.493 e. The van der Waals surface area contributed by atoms with E-state index in [0.717, 1.165) is 9.26 Å². The highest BCUT2D eigenvalue weighted by Gasteiger charge is 2.16. The first-order valence-electron chi connectivity index (χ1n) is 6.63. The van der Waals surface area contributed by atoms with Crippen LogP contribution >= 0.6 is 38.5 Å². The molecule has 2 aromatic rings. The van der Waals surface area contributed by atoms with Crippen LogP contribution in [0.3, 0.4) is 0 Å². The summed E-state index contributed by atoms with van der Waals surface area (Å²) in [7, 11) is 1.55. The van der Waals surface area contributed by atoms with Crippen molar-refractivity contribution in [2.45, 2.75) is 6.92 Å². The van der Waals surface area contributed by atoms with Crippen LogP contribution in [0.1, 0.15) is 17.3 Å². The minimum atomic E-state index is -0.203. The predicted octanol–water partition coefficient (Wildman–Crippen LogP) is 4.71. The molecule has 0 unspecified atom stereocenters. The second-order valence-electron chi connectivity index (χ2n) is 4.36. The molecular weight excluding hydrogens is 461 g/mol. The summed E-state index contributed by atoms with van der Waals surface area (Å²) in [6.45, 7) is 2.41. The van der Waals surface area contributed by atoms with Crippen molar-refractivity contribution < 1.29 is 14.3 Å². The lowest BCUT2D eigenvalue weighted by molar-refractivity contribution is 0.102. The van der Waals surface area contributed by atoms with Crippen LogP contribution in [-0.2, 0) is 0 Å². The number of methoxy groups -OCH3 is 1. The summed E-state index contributed by atoms with van der Waals surface area (Å²) in [6.07, 6.45) is 0. The van der Waals surface area contributed by atoms with Gasteiger partial charge in [-0.2, -0.15) is 0 Å². The standard InChI is InChI=1S/C16H15BrINO3/c1-3-22-15-11(17)8-10(9-14(15)21-2)16(20)19-13-7-5-4-6-12(13)18/h4-9H,3H2,1-2H3,(H,19,20). The van der Waals surface area contributed by atoms with Gasteiger partial charge >= 0.3 is 0 Å². The van der Waals surface area contributed by atoms with Gasteiger partial charge in [-0.15, -0.1) is 0 Å². The third-order valence-electron chi connectivity index (χ3n) is 2.90. The van der Waals surface area contributed by atoms with E-state index in [0.29, 0.717) is 28.1 Å². The van der Waals surface area contributed by atoms with E-state index in [9.17, 15) is 4.79 Å². The summed E-state index contributed by atoms with van der Waals surface area (Å²) in [6, 6.07) is 11.0. The van der Waals surface area contributed by atoms with Crippen molar-refractivity contribution in [1.82, 2.24) is 0 Å². The molecule has 0 aliphatic carbocycles. The molecule has 2 rings (SSSR count). The van der Waals surface area contributed by atoms with Gasteiger partial charge in [0.25, 0.3) is 5.91 Å². The van der Waals surface area contributed by atoms with Gasteiger partial charge in [-0.25, -0.2) is 0 Å². The molecule has 0 aliphatic rings. The molecule has 0 aliphatic heterocycles. The van der Waals surface area contributed by atoms with Gasteiger partial charge in [0.15, 0.2) is 11.5 Å². The highest BCUT2D eigenvalue weighted by Crippen LogP contribution is 2.36. The van der Waals surface area contributed by atoms with Crippen LogP contribution in [0.15, 0.2) is 40.9 Å². The highest BCUT2D eigenvalue weighted by atomic mass is 127. The second kappa shape index (κ2) is 7.82. The summed E-state index contributed by atoms with van der Waals surface area (Å²) in [5.41, 5.74) is 1.27. The molecule has 0 saturated heterocycles. The van der Waals surface area contributed by atoms with Gasteiger partial charge in [0.1, 0.15) is 0 Å². The number of para-hydroxylation sites is 1. The SMILES string of the molecule is CCOc1c(Br)cc(C(=O)Nc2ccccc2I)cc1OC. The van der Waals surface area contributed by atoms with E-state index in [1.165, 1.54) is 0 Å². The number of carbonyl (C=O) groups excluding carboxylic acids is 1. The number of benzene rings is 2. The Labute approximate surface area is 151 Å². The summed E-state index contributed by atoms with van der Waals surface area (Å²) in [4.78, 5) is 12.4. The van der Waals surface area contributed by atoms with E-state index in [1.54, 1.807) is 19.2 Å². The molecule has 1 amide bonds. The van der Waals surface area contributed by atoms with Gasteiger partial charge < -0.3 is 14.8 Å². The van der Waals surface area contributed by atoms with E-state index in [1.807, 2.05) is 31.2 Å². The zero-order chi connectivity index (χ0) is 16.1. The van der Waals surface area contributed by atoms with Crippen LogP contribution in [0, 0.1) is 3.57 Å². The third-order valence-corrected chi connectivity index (χ3v) is 4.43. The Balaban J connectivity index is 2.30. The Morgan fingerprint density at radius 2 is 2.05 bits per heavy atom. The van der Waals surface area contributed by atoms with Gasteiger partial charge in [-0.05, 0) is 69.7 Å². The fraction of sp³-hybridized carbons (Fsp3) is 0.188. The normalized spacial score (nSPS) is 10.2. The van der Waals surface area contributed by atoms with Crippen LogP contribution < -0.4 is 14.8 Å². The maximum Gasteiger partial charge on any atom is 0.255 e. The molecule has 2 aromatic carbocycles. The first kappa shape index (κ1) is 17.1. The van der Waals surface area contributed by atoms with Crippen LogP contribution in [0.25, 0.3) is 0 Å². The van der Waals surface area contributed by atoms with E-state index < -0.39 is 0 Å². The zero-order valence-corrected chi connectivity index (χ0v) is 15.9. The maximum atomic E-state index is 12.4. The van der Waals surface area contributed by atoms with Crippen LogP contribution in [0.4, 0.5) is 5.69 Å². The number of carbonyl (C=O) groups is 1. The molecule has 0 atom stereocenters. The van der Waals surface area contributed by atoms with Crippen molar-refractivity contribution in [3.8, 4) is 11.5 Å². The molecule has 0 bridgehead atoms. The van der Waals surface area contributed by atoms with Crippen LogP contribution in [-0.4, -0.2) is 19.6 Å². The summed E-state index contributed by atoms with van der Waals surface area (Å²) in [5.74, 6) is 0.908. The van der Waals surface area contributed by atoms with Gasteiger partial charge in [0.05, 0.1) is 23.9 Å². The number of ether oxygens (including phenoxy) is 2. The van der Waals surface area contributed by atoms with Crippen molar-refractivity contribution in [1.29, 1.82) is 0 Å². The van der Waals surface area contributed by atoms with Crippen molar-refractivity contribution in [3.05, 3.63) is 50.0 Å². The number of halogens is 2. The Bertz CT molecular complexity index is 691. The minimum absolute atomic E-state index is 0.203. The van der Waals surface area contributed by atoms with Crippen molar-refractivity contribution in [2.24, 2.45) is 0 Å². The van der Waals surface area contributed by atoms with Crippen molar-refractivity contribution in [2.75, 3.05) is 19.0 Å². The molecule has 22 heavy (non-hydrogen) atoms. The van der Waals surface area contributed by atoms with E-state index in [2.05, 4.69) is 43.8 Å². The van der Waals surface area contributed by atoms with E-state index in [4.69, 9.17) is 9.47 Å². The summed E-state index contributed by atoms with van der Waals surface area (Å²) < 4.78 is 12.5. The number of nitrogens with one attached hydrogen (secondary N) is 1. The van der Waals surface area contributed by atoms with E-state index in [-0.39, 0.29) is 5.91 Å². The Kier molecular flexibility index (Phi) is 6.07. The largest absolute Gasteiger partial charge is 0.493 e. The smallest absolute Gasteiger partial charge is 0.255 e. The molecular formula is C16H15BrINO3. The molecule has 4 nitrogen and oxygen atoms in total. The van der Waals surface area contributed by atoms with Gasteiger partial charge in [-0.3, -0.25) is 4.79 Å². The number of anilines is 1. The fourth-order valence-corrected chi connectivity index (χ4v) is 2.97. The molecule has 0 saturated carbocycles. The Morgan fingerprint density at radius 3 is 2.68 bits per heavy atom. The van der Waals surface area contributed by atoms with Gasteiger partial charge in [0.2, 0.25) is 0 Å². The second-order valence-corrected chi connectivity index (χ2v) is 6.37. The van der Waals surface area contributed by atoms with Gasteiger partial charge in [-0.1, -0.05) is 12.1 Å². The lowest BCUT2D eigenvalue weighted by Crippen LogP contribution is -2.13. The van der Waals surface area contributed by atoms with E-state index >= 15 is 0 Å². The quantitative estimate of drug-likeness (QED) is 0.637. The molecule has 0 spiro atoms. The molecule has 0 fully saturated rings. The average Bonchev–Trinajstić information content (AvgIpc) is 2.51.